The van der Waals surface area contributed by atoms with Gasteiger partial charge in [0.05, 0.1) is 5.69 Å². The lowest BCUT2D eigenvalue weighted by atomic mass is 10.1. The molecule has 1 aromatic heterocycles. The zero-order valence-electron chi connectivity index (χ0n) is 11.1. The van der Waals surface area contributed by atoms with Crippen molar-refractivity contribution in [1.82, 2.24) is 15.8 Å². The predicted molar refractivity (Wildman–Crippen MR) is 69.3 cm³/mol. The van der Waals surface area contributed by atoms with E-state index >= 15 is 0 Å². The van der Waals surface area contributed by atoms with Crippen molar-refractivity contribution in [3.8, 4) is 0 Å². The van der Waals surface area contributed by atoms with Crippen LogP contribution in [0.3, 0.4) is 0 Å². The summed E-state index contributed by atoms with van der Waals surface area (Å²) in [6.45, 7) is 7.80. The van der Waals surface area contributed by atoms with Crippen LogP contribution in [-0.4, -0.2) is 31.3 Å². The highest BCUT2D eigenvalue weighted by atomic mass is 16.5. The van der Waals surface area contributed by atoms with Gasteiger partial charge in [-0.05, 0) is 26.7 Å². The Hall–Kier alpha value is -1.52. The molecule has 0 saturated heterocycles. The van der Waals surface area contributed by atoms with Crippen molar-refractivity contribution in [3.63, 3.8) is 0 Å². The molecule has 1 rings (SSSR count). The van der Waals surface area contributed by atoms with Gasteiger partial charge in [0.25, 0.3) is 0 Å². The highest BCUT2D eigenvalue weighted by Crippen LogP contribution is 2.11. The smallest absolute Gasteiger partial charge is 0.190 e. The van der Waals surface area contributed by atoms with Crippen LogP contribution in [-0.2, 0) is 6.42 Å². The van der Waals surface area contributed by atoms with Gasteiger partial charge in [0, 0.05) is 25.7 Å². The maximum Gasteiger partial charge on any atom is 0.190 e. The molecule has 0 aliphatic heterocycles. The van der Waals surface area contributed by atoms with Crippen LogP contribution < -0.4 is 10.6 Å². The van der Waals surface area contributed by atoms with Crippen molar-refractivity contribution in [2.75, 3.05) is 20.1 Å². The van der Waals surface area contributed by atoms with Crippen LogP contribution in [0.1, 0.15) is 30.4 Å². The zero-order chi connectivity index (χ0) is 12.7. The Morgan fingerprint density at radius 3 is 2.53 bits per heavy atom. The second-order valence-electron chi connectivity index (χ2n) is 3.98. The summed E-state index contributed by atoms with van der Waals surface area (Å²) >= 11 is 0. The minimum atomic E-state index is 0.826. The van der Waals surface area contributed by atoms with E-state index in [1.54, 1.807) is 7.05 Å². The van der Waals surface area contributed by atoms with Crippen LogP contribution in [0.5, 0.6) is 0 Å². The first kappa shape index (κ1) is 13.5. The number of aromatic nitrogens is 1. The number of hydrogen-bond acceptors (Lipinski definition) is 3. The van der Waals surface area contributed by atoms with Gasteiger partial charge < -0.3 is 15.2 Å². The van der Waals surface area contributed by atoms with E-state index in [2.05, 4.69) is 27.7 Å². The van der Waals surface area contributed by atoms with E-state index < -0.39 is 0 Å². The van der Waals surface area contributed by atoms with E-state index in [1.165, 1.54) is 5.56 Å². The number of aliphatic imine (C=N–C) groups is 1. The van der Waals surface area contributed by atoms with Crippen molar-refractivity contribution in [2.45, 2.75) is 33.6 Å². The van der Waals surface area contributed by atoms with Gasteiger partial charge in [0.2, 0.25) is 0 Å². The number of aryl methyl sites for hydroxylation is 2. The van der Waals surface area contributed by atoms with Crippen molar-refractivity contribution >= 4 is 5.96 Å². The third kappa shape index (κ3) is 4.09. The molecule has 0 aromatic carbocycles. The van der Waals surface area contributed by atoms with E-state index in [9.17, 15) is 0 Å². The van der Waals surface area contributed by atoms with Crippen molar-refractivity contribution < 1.29 is 4.52 Å². The maximum absolute atomic E-state index is 5.12. The lowest BCUT2D eigenvalue weighted by molar-refractivity contribution is 0.392. The number of nitrogens with one attached hydrogen (secondary N) is 2. The Labute approximate surface area is 103 Å². The van der Waals surface area contributed by atoms with Crippen molar-refractivity contribution in [1.29, 1.82) is 0 Å². The highest BCUT2D eigenvalue weighted by molar-refractivity contribution is 5.79. The Morgan fingerprint density at radius 2 is 2.00 bits per heavy atom. The molecule has 1 heterocycles. The van der Waals surface area contributed by atoms with Gasteiger partial charge in [-0.25, -0.2) is 0 Å². The Morgan fingerprint density at radius 1 is 1.29 bits per heavy atom. The van der Waals surface area contributed by atoms with Gasteiger partial charge in [0.15, 0.2) is 5.96 Å². The third-order valence-corrected chi connectivity index (χ3v) is 2.61. The van der Waals surface area contributed by atoms with Gasteiger partial charge in [-0.2, -0.15) is 0 Å². The molecule has 0 saturated carbocycles. The first-order valence-corrected chi connectivity index (χ1v) is 6.05. The topological polar surface area (TPSA) is 62.5 Å². The Bertz CT molecular complexity index is 351. The Kier molecular flexibility index (Phi) is 5.52. The molecule has 0 aliphatic rings. The van der Waals surface area contributed by atoms with E-state index in [0.717, 1.165) is 43.3 Å². The van der Waals surface area contributed by atoms with Gasteiger partial charge in [-0.15, -0.1) is 0 Å². The first-order chi connectivity index (χ1) is 8.19. The maximum atomic E-state index is 5.12. The monoisotopic (exact) mass is 238 g/mol. The van der Waals surface area contributed by atoms with Crippen LogP contribution in [0.15, 0.2) is 9.52 Å². The molecule has 0 bridgehead atoms. The lowest BCUT2D eigenvalue weighted by Gasteiger charge is -2.10. The summed E-state index contributed by atoms with van der Waals surface area (Å²) in [5, 5.41) is 10.4. The van der Waals surface area contributed by atoms with Gasteiger partial charge in [0.1, 0.15) is 5.76 Å². The highest BCUT2D eigenvalue weighted by Gasteiger charge is 2.08. The Balaban J connectivity index is 2.37. The quantitative estimate of drug-likeness (QED) is 0.601. The fraction of sp³-hybridized carbons (Fsp3) is 0.667. The number of guanidine groups is 1. The molecule has 0 aliphatic carbocycles. The van der Waals surface area contributed by atoms with E-state index in [-0.39, 0.29) is 0 Å². The number of hydrogen-bond donors (Lipinski definition) is 2. The standard InChI is InChI=1S/C12H22N4O/c1-5-7-14-12(13-4)15-8-6-11-9(2)16-17-10(11)3/h5-8H2,1-4H3,(H2,13,14,15). The molecule has 0 radical (unpaired) electrons. The minimum absolute atomic E-state index is 0.826. The van der Waals surface area contributed by atoms with Crippen molar-refractivity contribution in [3.05, 3.63) is 17.0 Å². The van der Waals surface area contributed by atoms with Crippen LogP contribution in [0, 0.1) is 13.8 Å². The molecule has 0 spiro atoms. The average molecular weight is 238 g/mol. The molecule has 5 heteroatoms. The summed E-state index contributed by atoms with van der Waals surface area (Å²) in [4.78, 5) is 4.14. The second-order valence-corrected chi connectivity index (χ2v) is 3.98. The fourth-order valence-electron chi connectivity index (χ4n) is 1.63. The first-order valence-electron chi connectivity index (χ1n) is 6.05. The van der Waals surface area contributed by atoms with Crippen LogP contribution in [0.25, 0.3) is 0 Å². The predicted octanol–water partition coefficient (Wildman–Crippen LogP) is 1.41. The van der Waals surface area contributed by atoms with Gasteiger partial charge in [-0.1, -0.05) is 12.1 Å². The normalized spacial score (nSPS) is 11.6. The molecular formula is C12H22N4O. The SMILES string of the molecule is CCCNC(=NC)NCCc1c(C)noc1C. The zero-order valence-corrected chi connectivity index (χ0v) is 11.1. The molecule has 5 nitrogen and oxygen atoms in total. The fourth-order valence-corrected chi connectivity index (χ4v) is 1.63. The molecule has 0 amide bonds. The molecule has 2 N–H and O–H groups in total. The third-order valence-electron chi connectivity index (χ3n) is 2.61. The molecule has 1 aromatic rings. The van der Waals surface area contributed by atoms with E-state index in [4.69, 9.17) is 4.52 Å². The number of rotatable bonds is 5. The summed E-state index contributed by atoms with van der Waals surface area (Å²) in [7, 11) is 1.78. The van der Waals surface area contributed by atoms with E-state index in [0.29, 0.717) is 0 Å². The lowest BCUT2D eigenvalue weighted by Crippen LogP contribution is -2.38. The largest absolute Gasteiger partial charge is 0.361 e. The van der Waals surface area contributed by atoms with Crippen LogP contribution >= 0.6 is 0 Å². The van der Waals surface area contributed by atoms with Gasteiger partial charge in [-0.3, -0.25) is 4.99 Å². The van der Waals surface area contributed by atoms with Crippen molar-refractivity contribution in [2.24, 2.45) is 4.99 Å². The van der Waals surface area contributed by atoms with Crippen LogP contribution in [0.2, 0.25) is 0 Å². The second kappa shape index (κ2) is 6.93. The summed E-state index contributed by atoms with van der Waals surface area (Å²) in [6, 6.07) is 0. The summed E-state index contributed by atoms with van der Waals surface area (Å²) in [6.07, 6.45) is 1.98. The molecule has 0 unspecified atom stereocenters. The molecule has 96 valence electrons. The molecule has 17 heavy (non-hydrogen) atoms. The van der Waals surface area contributed by atoms with Crippen LogP contribution in [0.4, 0.5) is 0 Å². The van der Waals surface area contributed by atoms with E-state index in [1.807, 2.05) is 13.8 Å². The minimum Gasteiger partial charge on any atom is -0.361 e. The van der Waals surface area contributed by atoms with Gasteiger partial charge >= 0.3 is 0 Å². The summed E-state index contributed by atoms with van der Waals surface area (Å²) in [5.41, 5.74) is 2.16. The summed E-state index contributed by atoms with van der Waals surface area (Å²) in [5.74, 6) is 1.75. The molecule has 0 atom stereocenters. The average Bonchev–Trinajstić information content (AvgIpc) is 2.64. The molecule has 0 fully saturated rings. The summed E-state index contributed by atoms with van der Waals surface area (Å²) < 4.78 is 5.12. The number of nitrogens with zero attached hydrogens (tertiary/aromatic N) is 2. The molecular weight excluding hydrogens is 216 g/mol.